The van der Waals surface area contributed by atoms with E-state index in [1.807, 2.05) is 12.1 Å². The predicted octanol–water partition coefficient (Wildman–Crippen LogP) is 6.92. The summed E-state index contributed by atoms with van der Waals surface area (Å²) in [6, 6.07) is 10.6. The van der Waals surface area contributed by atoms with E-state index < -0.39 is 0 Å². The van der Waals surface area contributed by atoms with Crippen LogP contribution < -0.4 is 5.73 Å². The molecular formula is C22H19Cl2NOS2. The number of hydrogen-bond donors (Lipinski definition) is 1. The normalized spacial score (nSPS) is 11.2. The van der Waals surface area contributed by atoms with Gasteiger partial charge in [-0.25, -0.2) is 0 Å². The van der Waals surface area contributed by atoms with Gasteiger partial charge >= 0.3 is 0 Å². The molecule has 0 radical (unpaired) electrons. The fourth-order valence-electron chi connectivity index (χ4n) is 2.78. The van der Waals surface area contributed by atoms with Crippen molar-refractivity contribution in [2.24, 2.45) is 5.41 Å². The number of rotatable bonds is 3. The van der Waals surface area contributed by atoms with Crippen LogP contribution >= 0.6 is 45.9 Å². The van der Waals surface area contributed by atoms with E-state index in [0.29, 0.717) is 31.9 Å². The van der Waals surface area contributed by atoms with Crippen molar-refractivity contribution in [2.45, 2.75) is 27.2 Å². The van der Waals surface area contributed by atoms with Crippen LogP contribution in [0.2, 0.25) is 9.36 Å². The topological polar surface area (TPSA) is 43.1 Å². The minimum absolute atomic E-state index is 0.0226. The van der Waals surface area contributed by atoms with Gasteiger partial charge < -0.3 is 5.73 Å². The van der Waals surface area contributed by atoms with E-state index in [-0.39, 0.29) is 11.2 Å². The van der Waals surface area contributed by atoms with E-state index in [1.54, 1.807) is 24.3 Å². The van der Waals surface area contributed by atoms with E-state index in [4.69, 9.17) is 28.9 Å². The van der Waals surface area contributed by atoms with Gasteiger partial charge in [-0.15, -0.1) is 22.7 Å². The molecule has 0 atom stereocenters. The average molecular weight is 448 g/mol. The van der Waals surface area contributed by atoms with Crippen molar-refractivity contribution >= 4 is 56.7 Å². The fraction of sp³-hybridized carbons (Fsp3) is 0.227. The van der Waals surface area contributed by atoms with Gasteiger partial charge in [-0.2, -0.15) is 0 Å². The van der Waals surface area contributed by atoms with E-state index in [9.17, 15) is 4.79 Å². The number of thiophene rings is 2. The number of nitrogens with two attached hydrogens (primary N) is 1. The van der Waals surface area contributed by atoms with Crippen molar-refractivity contribution in [1.82, 2.24) is 0 Å². The highest BCUT2D eigenvalue weighted by molar-refractivity contribution is 7.17. The summed E-state index contributed by atoms with van der Waals surface area (Å²) in [4.78, 5) is 14.9. The fourth-order valence-corrected chi connectivity index (χ4v) is 4.74. The molecule has 28 heavy (non-hydrogen) atoms. The zero-order valence-corrected chi connectivity index (χ0v) is 18.9. The lowest BCUT2D eigenvalue weighted by Crippen LogP contribution is -2.14. The molecule has 2 nitrogen and oxygen atoms in total. The first-order valence-corrected chi connectivity index (χ1v) is 11.0. The number of anilines is 1. The highest BCUT2D eigenvalue weighted by atomic mass is 35.5. The Hall–Kier alpha value is -1.77. The molecule has 0 fully saturated rings. The molecule has 0 bridgehead atoms. The molecule has 0 aliphatic carbocycles. The van der Waals surface area contributed by atoms with Crippen LogP contribution in [0.3, 0.4) is 0 Å². The standard InChI is InChI=1S/C22H19Cl2NOS2/c1-22(2,3)12-16-17(10-8-15-9-11-18(24)27-15)28-21(25)19(16)20(26)13-4-6-14(23)7-5-13/h4-7,9,11H,12,25H2,1-3H3. The van der Waals surface area contributed by atoms with Gasteiger partial charge in [-0.1, -0.05) is 44.0 Å². The summed E-state index contributed by atoms with van der Waals surface area (Å²) in [7, 11) is 0. The number of ketones is 1. The number of carbonyl (C=O) groups excluding carboxylic acids is 1. The Kier molecular flexibility index (Phi) is 6.21. The summed E-state index contributed by atoms with van der Waals surface area (Å²) in [6.07, 6.45) is 0.699. The summed E-state index contributed by atoms with van der Waals surface area (Å²) in [5.41, 5.74) is 8.29. The summed E-state index contributed by atoms with van der Waals surface area (Å²) in [6.45, 7) is 6.40. The Morgan fingerprint density at radius 1 is 1.04 bits per heavy atom. The first-order valence-electron chi connectivity index (χ1n) is 8.63. The number of hydrogen-bond acceptors (Lipinski definition) is 4. The molecule has 144 valence electrons. The zero-order valence-electron chi connectivity index (χ0n) is 15.7. The minimum atomic E-state index is -0.100. The van der Waals surface area contributed by atoms with Gasteiger partial charge in [0.1, 0.15) is 0 Å². The number of benzene rings is 1. The summed E-state index contributed by atoms with van der Waals surface area (Å²) >= 11 is 14.7. The highest BCUT2D eigenvalue weighted by Crippen LogP contribution is 2.36. The van der Waals surface area contributed by atoms with Crippen LogP contribution in [-0.2, 0) is 6.42 Å². The maximum atomic E-state index is 13.2. The Bertz CT molecular complexity index is 1080. The van der Waals surface area contributed by atoms with Gasteiger partial charge in [-0.05, 0) is 65.6 Å². The number of nitrogen functional groups attached to an aromatic ring is 1. The van der Waals surface area contributed by atoms with Gasteiger partial charge in [0.2, 0.25) is 0 Å². The van der Waals surface area contributed by atoms with Gasteiger partial charge in [0.15, 0.2) is 5.78 Å². The van der Waals surface area contributed by atoms with E-state index in [1.165, 1.54) is 22.7 Å². The molecule has 2 N–H and O–H groups in total. The predicted molar refractivity (Wildman–Crippen MR) is 122 cm³/mol. The van der Waals surface area contributed by atoms with Crippen LogP contribution in [0.4, 0.5) is 5.00 Å². The SMILES string of the molecule is CC(C)(C)Cc1c(C#Cc2ccc(Cl)s2)sc(N)c1C(=O)c1ccc(Cl)cc1. The van der Waals surface area contributed by atoms with Crippen molar-refractivity contribution < 1.29 is 4.79 Å². The van der Waals surface area contributed by atoms with Crippen LogP contribution in [0.15, 0.2) is 36.4 Å². The molecule has 0 unspecified atom stereocenters. The quantitative estimate of drug-likeness (QED) is 0.349. The lowest BCUT2D eigenvalue weighted by molar-refractivity contribution is 0.103. The Balaban J connectivity index is 2.09. The Morgan fingerprint density at radius 2 is 1.71 bits per heavy atom. The molecule has 3 aromatic rings. The number of halogens is 2. The number of carbonyl (C=O) groups is 1. The van der Waals surface area contributed by atoms with Crippen LogP contribution in [0.1, 0.15) is 52.0 Å². The Morgan fingerprint density at radius 3 is 2.29 bits per heavy atom. The first-order chi connectivity index (χ1) is 13.1. The van der Waals surface area contributed by atoms with Crippen molar-refractivity contribution in [3.05, 3.63) is 72.2 Å². The third-order valence-electron chi connectivity index (χ3n) is 3.95. The first kappa shape index (κ1) is 21.0. The second-order valence-electron chi connectivity index (χ2n) is 7.58. The molecule has 2 aromatic heterocycles. The molecule has 6 heteroatoms. The largest absolute Gasteiger partial charge is 0.390 e. The van der Waals surface area contributed by atoms with Gasteiger partial charge in [0.25, 0.3) is 0 Å². The van der Waals surface area contributed by atoms with Crippen molar-refractivity contribution in [1.29, 1.82) is 0 Å². The van der Waals surface area contributed by atoms with E-state index in [0.717, 1.165) is 15.3 Å². The van der Waals surface area contributed by atoms with E-state index >= 15 is 0 Å². The molecule has 2 heterocycles. The summed E-state index contributed by atoms with van der Waals surface area (Å²) in [5, 5.41) is 1.08. The van der Waals surface area contributed by atoms with Crippen LogP contribution in [-0.4, -0.2) is 5.78 Å². The van der Waals surface area contributed by atoms with Gasteiger partial charge in [0, 0.05) is 10.6 Å². The van der Waals surface area contributed by atoms with Gasteiger partial charge in [-0.3, -0.25) is 4.79 Å². The molecule has 0 spiro atoms. The van der Waals surface area contributed by atoms with Crippen molar-refractivity contribution in [2.75, 3.05) is 5.73 Å². The second kappa shape index (κ2) is 8.31. The Labute approximate surface area is 183 Å². The summed E-state index contributed by atoms with van der Waals surface area (Å²) < 4.78 is 0.698. The lowest BCUT2D eigenvalue weighted by atomic mass is 9.85. The van der Waals surface area contributed by atoms with Crippen LogP contribution in [0.5, 0.6) is 0 Å². The van der Waals surface area contributed by atoms with Crippen molar-refractivity contribution in [3.63, 3.8) is 0 Å². The molecule has 0 amide bonds. The maximum absolute atomic E-state index is 13.2. The molecule has 1 aromatic carbocycles. The highest BCUT2D eigenvalue weighted by Gasteiger charge is 2.26. The molecular weight excluding hydrogens is 429 g/mol. The van der Waals surface area contributed by atoms with Crippen molar-refractivity contribution in [3.8, 4) is 11.8 Å². The molecule has 3 rings (SSSR count). The molecule has 0 saturated carbocycles. The third kappa shape index (κ3) is 4.98. The lowest BCUT2D eigenvalue weighted by Gasteiger charge is -2.19. The molecule has 0 saturated heterocycles. The molecule has 0 aliphatic rings. The van der Waals surface area contributed by atoms with E-state index in [2.05, 4.69) is 32.6 Å². The second-order valence-corrected chi connectivity index (χ2v) is 10.8. The zero-order chi connectivity index (χ0) is 20.5. The minimum Gasteiger partial charge on any atom is -0.390 e. The smallest absolute Gasteiger partial charge is 0.196 e. The van der Waals surface area contributed by atoms with Crippen LogP contribution in [0, 0.1) is 17.3 Å². The monoisotopic (exact) mass is 447 g/mol. The maximum Gasteiger partial charge on any atom is 0.196 e. The van der Waals surface area contributed by atoms with Gasteiger partial charge in [0.05, 0.1) is 24.7 Å². The third-order valence-corrected chi connectivity index (χ3v) is 6.32. The van der Waals surface area contributed by atoms with Crippen LogP contribution in [0.25, 0.3) is 0 Å². The summed E-state index contributed by atoms with van der Waals surface area (Å²) in [5.74, 6) is 6.25. The average Bonchev–Trinajstić information content (AvgIpc) is 3.15. The molecule has 0 aliphatic heterocycles.